The highest BCUT2D eigenvalue weighted by molar-refractivity contribution is 7.22. The lowest BCUT2D eigenvalue weighted by Crippen LogP contribution is -2.12. The number of furan rings is 1. The van der Waals surface area contributed by atoms with Gasteiger partial charge in [0, 0.05) is 21.4 Å². The molecule has 0 aliphatic carbocycles. The zero-order valence-corrected chi connectivity index (χ0v) is 19.0. The molecule has 0 atom stereocenters. The second-order valence-electron chi connectivity index (χ2n) is 9.18. The van der Waals surface area contributed by atoms with Crippen molar-refractivity contribution < 1.29 is 4.42 Å². The first kappa shape index (κ1) is 19.2. The Hall–Kier alpha value is -3.50. The molecule has 6 rings (SSSR count). The van der Waals surface area contributed by atoms with Crippen LogP contribution in [0.4, 0.5) is 0 Å². The van der Waals surface area contributed by atoms with E-state index in [0.717, 1.165) is 32.4 Å². The van der Waals surface area contributed by atoms with E-state index in [1.54, 1.807) is 23.9 Å². The first-order valence-electron chi connectivity index (χ1n) is 10.7. The number of hydrogen-bond acceptors (Lipinski definition) is 4. The molecule has 0 amide bonds. The van der Waals surface area contributed by atoms with Crippen molar-refractivity contribution >= 4 is 43.3 Å². The van der Waals surface area contributed by atoms with Crippen LogP contribution in [0.5, 0.6) is 0 Å². The van der Waals surface area contributed by atoms with Crippen molar-refractivity contribution in [2.24, 2.45) is 0 Å². The van der Waals surface area contributed by atoms with Crippen molar-refractivity contribution in [3.63, 3.8) is 0 Å². The fraction of sp³-hybridized carbons (Fsp3) is 0.143. The lowest BCUT2D eigenvalue weighted by Gasteiger charge is -2.22. The summed E-state index contributed by atoms with van der Waals surface area (Å²) in [5.74, 6) is 0. The van der Waals surface area contributed by atoms with Crippen LogP contribution in [-0.2, 0) is 5.41 Å². The number of aromatic nitrogens is 2. The van der Waals surface area contributed by atoms with Crippen molar-refractivity contribution in [2.45, 2.75) is 26.2 Å². The third kappa shape index (κ3) is 3.02. The Morgan fingerprint density at radius 2 is 1.72 bits per heavy atom. The molecule has 3 aromatic heterocycles. The molecular formula is C28H22N2OS. The predicted molar refractivity (Wildman–Crippen MR) is 134 cm³/mol. The van der Waals surface area contributed by atoms with Gasteiger partial charge in [0.2, 0.25) is 0 Å². The average molecular weight is 435 g/mol. The second-order valence-corrected chi connectivity index (χ2v) is 10.2. The molecule has 0 fully saturated rings. The molecule has 0 bridgehead atoms. The lowest BCUT2D eigenvalue weighted by atomic mass is 9.82. The van der Waals surface area contributed by atoms with Gasteiger partial charge in [-0.1, -0.05) is 57.2 Å². The summed E-state index contributed by atoms with van der Waals surface area (Å²) in [7, 11) is 0. The van der Waals surface area contributed by atoms with E-state index in [2.05, 4.69) is 74.3 Å². The summed E-state index contributed by atoms with van der Waals surface area (Å²) in [6.07, 6.45) is 3.42. The summed E-state index contributed by atoms with van der Waals surface area (Å²) in [4.78, 5) is 10.5. The number of nitrogens with zero attached hydrogens (tertiary/aromatic N) is 2. The minimum absolute atomic E-state index is 0.0271. The highest BCUT2D eigenvalue weighted by Crippen LogP contribution is 2.41. The molecule has 3 nitrogen and oxygen atoms in total. The van der Waals surface area contributed by atoms with E-state index in [4.69, 9.17) is 9.40 Å². The van der Waals surface area contributed by atoms with Gasteiger partial charge in [0.15, 0.2) is 0 Å². The Labute approximate surface area is 190 Å². The molecule has 0 radical (unpaired) electrons. The maximum atomic E-state index is 5.61. The summed E-state index contributed by atoms with van der Waals surface area (Å²) in [6.45, 7) is 6.80. The molecule has 32 heavy (non-hydrogen) atoms. The smallest absolute Gasteiger partial charge is 0.134 e. The largest absolute Gasteiger partial charge is 0.464 e. The van der Waals surface area contributed by atoms with E-state index in [0.29, 0.717) is 0 Å². The van der Waals surface area contributed by atoms with Crippen LogP contribution >= 0.6 is 11.3 Å². The van der Waals surface area contributed by atoms with Gasteiger partial charge in [-0.2, -0.15) is 0 Å². The minimum atomic E-state index is 0.0271. The van der Waals surface area contributed by atoms with E-state index in [-0.39, 0.29) is 5.41 Å². The van der Waals surface area contributed by atoms with Crippen LogP contribution < -0.4 is 0 Å². The second kappa shape index (κ2) is 7.01. The van der Waals surface area contributed by atoms with Gasteiger partial charge < -0.3 is 4.42 Å². The molecule has 6 aromatic rings. The molecular weight excluding hydrogens is 412 g/mol. The molecule has 0 aliphatic rings. The highest BCUT2D eigenvalue weighted by Gasteiger charge is 2.20. The van der Waals surface area contributed by atoms with Crippen LogP contribution in [0.3, 0.4) is 0 Å². The van der Waals surface area contributed by atoms with Gasteiger partial charge in [0.05, 0.1) is 22.2 Å². The summed E-state index contributed by atoms with van der Waals surface area (Å²) in [6, 6.07) is 23.5. The van der Waals surface area contributed by atoms with E-state index in [9.17, 15) is 0 Å². The van der Waals surface area contributed by atoms with Gasteiger partial charge >= 0.3 is 0 Å². The lowest BCUT2D eigenvalue weighted by molar-refractivity contribution is 0.596. The average Bonchev–Trinajstić information content (AvgIpc) is 3.44. The normalized spacial score (nSPS) is 12.2. The third-order valence-corrected chi connectivity index (χ3v) is 7.18. The molecule has 0 unspecified atom stereocenters. The van der Waals surface area contributed by atoms with Gasteiger partial charge in [-0.15, -0.1) is 11.3 Å². The predicted octanol–water partition coefficient (Wildman–Crippen LogP) is 8.22. The van der Waals surface area contributed by atoms with Crippen LogP contribution in [0.1, 0.15) is 26.3 Å². The van der Waals surface area contributed by atoms with Crippen LogP contribution in [0.25, 0.3) is 53.7 Å². The maximum absolute atomic E-state index is 5.61. The third-order valence-electron chi connectivity index (χ3n) is 6.02. The molecule has 4 heteroatoms. The van der Waals surface area contributed by atoms with Gasteiger partial charge in [-0.25, -0.2) is 9.97 Å². The van der Waals surface area contributed by atoms with Crippen molar-refractivity contribution in [3.8, 4) is 21.7 Å². The number of hydrogen-bond donors (Lipinski definition) is 0. The topological polar surface area (TPSA) is 38.9 Å². The Kier molecular flexibility index (Phi) is 4.21. The molecule has 0 N–H and O–H groups in total. The monoisotopic (exact) mass is 434 g/mol. The van der Waals surface area contributed by atoms with Crippen LogP contribution in [0, 0.1) is 0 Å². The van der Waals surface area contributed by atoms with Crippen molar-refractivity contribution in [2.75, 3.05) is 0 Å². The zero-order chi connectivity index (χ0) is 21.9. The summed E-state index contributed by atoms with van der Waals surface area (Å²) >= 11 is 1.74. The Morgan fingerprint density at radius 3 is 2.59 bits per heavy atom. The zero-order valence-electron chi connectivity index (χ0n) is 18.2. The standard InChI is InChI=1S/C28H22N2OS/c1-28(2,3)22-14-18(13-17-7-4-5-8-19(17)22)26-27-23(29-16-30-26)15-25(32-27)21-9-6-10-24-20(21)11-12-31-24/h4-16H,1-3H3. The van der Waals surface area contributed by atoms with Crippen molar-refractivity contribution in [1.29, 1.82) is 0 Å². The fourth-order valence-electron chi connectivity index (χ4n) is 4.47. The maximum Gasteiger partial charge on any atom is 0.134 e. The molecule has 0 spiro atoms. The Bertz CT molecular complexity index is 1620. The molecule has 0 saturated heterocycles. The number of benzene rings is 3. The van der Waals surface area contributed by atoms with E-state index >= 15 is 0 Å². The first-order valence-corrected chi connectivity index (χ1v) is 11.6. The van der Waals surface area contributed by atoms with Crippen molar-refractivity contribution in [3.05, 3.63) is 84.9 Å². The number of rotatable bonds is 2. The van der Waals surface area contributed by atoms with Gasteiger partial charge in [0.25, 0.3) is 0 Å². The van der Waals surface area contributed by atoms with E-state index < -0.39 is 0 Å². The van der Waals surface area contributed by atoms with Gasteiger partial charge in [-0.3, -0.25) is 0 Å². The summed E-state index contributed by atoms with van der Waals surface area (Å²) in [5, 5.41) is 3.66. The fourth-order valence-corrected chi connectivity index (χ4v) is 5.63. The minimum Gasteiger partial charge on any atom is -0.464 e. The molecule has 3 heterocycles. The van der Waals surface area contributed by atoms with E-state index in [1.165, 1.54) is 26.8 Å². The van der Waals surface area contributed by atoms with Crippen molar-refractivity contribution in [1.82, 2.24) is 9.97 Å². The Morgan fingerprint density at radius 1 is 0.844 bits per heavy atom. The quantitative estimate of drug-likeness (QED) is 0.275. The first-order chi connectivity index (χ1) is 15.5. The molecule has 0 saturated carbocycles. The number of thiophene rings is 1. The van der Waals surface area contributed by atoms with Gasteiger partial charge in [0.1, 0.15) is 11.9 Å². The Balaban J connectivity index is 1.60. The summed E-state index contributed by atoms with van der Waals surface area (Å²) < 4.78 is 6.72. The molecule has 156 valence electrons. The van der Waals surface area contributed by atoms with Gasteiger partial charge in [-0.05, 0) is 52.1 Å². The van der Waals surface area contributed by atoms with E-state index in [1.807, 2.05) is 18.2 Å². The molecule has 3 aromatic carbocycles. The van der Waals surface area contributed by atoms with Crippen LogP contribution in [0.15, 0.2) is 83.7 Å². The SMILES string of the molecule is CC(C)(C)c1cc(-c2ncnc3cc(-c4cccc5occc45)sc23)cc2ccccc12. The summed E-state index contributed by atoms with van der Waals surface area (Å²) in [5.41, 5.74) is 6.52. The van der Waals surface area contributed by atoms with Crippen LogP contribution in [0.2, 0.25) is 0 Å². The highest BCUT2D eigenvalue weighted by atomic mass is 32.1. The number of fused-ring (bicyclic) bond motifs is 3. The molecule has 0 aliphatic heterocycles. The van der Waals surface area contributed by atoms with Crippen LogP contribution in [-0.4, -0.2) is 9.97 Å².